The molecule has 0 radical (unpaired) electrons. The molecule has 0 amide bonds. The van der Waals surface area contributed by atoms with E-state index in [1.54, 1.807) is 0 Å². The van der Waals surface area contributed by atoms with Gasteiger partial charge in [0.2, 0.25) is 0 Å². The molecule has 10 rings (SSSR count). The van der Waals surface area contributed by atoms with Crippen LogP contribution in [0, 0.1) is 0 Å². The van der Waals surface area contributed by atoms with Crippen molar-refractivity contribution >= 4 is 38.4 Å². The highest BCUT2D eigenvalue weighted by Gasteiger charge is 2.37. The standard InChI is InChI=1S/C53H42N2O/c1-53(2)46-22-13-21-43(51(46)45-32-37-18-9-10-19-38(37)33-47(45)53)48(55-52(54)36-16-7-4-8-17-36)26-24-34-28-40(35-14-5-3-6-15-35)30-41(29-34)39-25-27-50-44(31-39)42-20-11-12-23-49(42)56-50/h3-23,25-33,52,55H,24,54H2,1-2H3/b48-26-. The van der Waals surface area contributed by atoms with E-state index in [1.165, 1.54) is 55.3 Å². The third-order valence-electron chi connectivity index (χ3n) is 11.7. The zero-order valence-corrected chi connectivity index (χ0v) is 31.6. The Bertz CT molecular complexity index is 2950. The SMILES string of the molecule is CC1(C)c2cc3ccccc3cc2-c2c(/C(=C/Cc3cc(-c4ccccc4)cc(-c4ccc5oc6ccccc6c5c4)c3)NC(N)c3ccccc3)cccc21. The second-order valence-electron chi connectivity index (χ2n) is 15.5. The van der Waals surface area contributed by atoms with Crippen LogP contribution in [-0.4, -0.2) is 0 Å². The summed E-state index contributed by atoms with van der Waals surface area (Å²) in [6, 6.07) is 63.0. The molecule has 1 atom stereocenters. The van der Waals surface area contributed by atoms with E-state index in [4.69, 9.17) is 10.2 Å². The van der Waals surface area contributed by atoms with Crippen molar-refractivity contribution in [1.82, 2.24) is 5.32 Å². The average molecular weight is 723 g/mol. The molecule has 1 aliphatic rings. The molecule has 56 heavy (non-hydrogen) atoms. The molecule has 0 saturated carbocycles. The van der Waals surface area contributed by atoms with Crippen LogP contribution in [0.5, 0.6) is 0 Å². The number of allylic oxidation sites excluding steroid dienone is 1. The lowest BCUT2D eigenvalue weighted by Gasteiger charge is -2.23. The van der Waals surface area contributed by atoms with E-state index in [0.717, 1.165) is 44.3 Å². The van der Waals surface area contributed by atoms with Gasteiger partial charge in [-0.3, -0.25) is 0 Å². The summed E-state index contributed by atoms with van der Waals surface area (Å²) in [6.07, 6.45) is 2.64. The van der Waals surface area contributed by atoms with Crippen molar-refractivity contribution < 1.29 is 4.42 Å². The van der Waals surface area contributed by atoms with E-state index in [-0.39, 0.29) is 5.41 Å². The second kappa shape index (κ2) is 13.6. The van der Waals surface area contributed by atoms with Crippen LogP contribution in [0.3, 0.4) is 0 Å². The van der Waals surface area contributed by atoms with Crippen molar-refractivity contribution in [2.24, 2.45) is 5.73 Å². The molecule has 9 aromatic rings. The van der Waals surface area contributed by atoms with Gasteiger partial charge in [0.1, 0.15) is 17.3 Å². The molecule has 8 aromatic carbocycles. The molecule has 1 unspecified atom stereocenters. The van der Waals surface area contributed by atoms with E-state index in [9.17, 15) is 0 Å². The van der Waals surface area contributed by atoms with Crippen molar-refractivity contribution in [3.8, 4) is 33.4 Å². The van der Waals surface area contributed by atoms with Crippen LogP contribution < -0.4 is 11.1 Å². The average Bonchev–Trinajstić information content (AvgIpc) is 3.73. The lowest BCUT2D eigenvalue weighted by atomic mass is 9.81. The van der Waals surface area contributed by atoms with E-state index >= 15 is 0 Å². The first-order valence-electron chi connectivity index (χ1n) is 19.5. The van der Waals surface area contributed by atoms with Gasteiger partial charge in [-0.2, -0.15) is 0 Å². The first kappa shape index (κ1) is 33.9. The van der Waals surface area contributed by atoms with Gasteiger partial charge < -0.3 is 15.5 Å². The Kier molecular flexibility index (Phi) is 8.20. The quantitative estimate of drug-likeness (QED) is 0.154. The van der Waals surface area contributed by atoms with Crippen molar-refractivity contribution in [3.05, 3.63) is 210 Å². The normalized spacial score (nSPS) is 13.9. The number of rotatable bonds is 8. The van der Waals surface area contributed by atoms with Crippen molar-refractivity contribution in [2.75, 3.05) is 0 Å². The Morgan fingerprint density at radius 2 is 1.27 bits per heavy atom. The molecular weight excluding hydrogens is 681 g/mol. The maximum atomic E-state index is 6.99. The van der Waals surface area contributed by atoms with Gasteiger partial charge in [0.25, 0.3) is 0 Å². The van der Waals surface area contributed by atoms with E-state index in [1.807, 2.05) is 30.3 Å². The molecule has 3 N–H and O–H groups in total. The Morgan fingerprint density at radius 3 is 2.07 bits per heavy atom. The van der Waals surface area contributed by atoms with Crippen molar-refractivity contribution in [3.63, 3.8) is 0 Å². The first-order valence-corrected chi connectivity index (χ1v) is 19.5. The molecule has 1 heterocycles. The van der Waals surface area contributed by atoms with E-state index in [0.29, 0.717) is 6.42 Å². The fourth-order valence-electron chi connectivity index (χ4n) is 8.75. The number of hydrogen-bond donors (Lipinski definition) is 2. The van der Waals surface area contributed by atoms with Gasteiger partial charge in [0.05, 0.1) is 0 Å². The molecular formula is C53H42N2O. The van der Waals surface area contributed by atoms with Crippen LogP contribution in [0.1, 0.15) is 47.8 Å². The van der Waals surface area contributed by atoms with Gasteiger partial charge in [-0.1, -0.05) is 159 Å². The number of nitrogens with one attached hydrogen (secondary N) is 1. The minimum atomic E-state index is -0.397. The summed E-state index contributed by atoms with van der Waals surface area (Å²) in [5, 5.41) is 8.57. The third-order valence-corrected chi connectivity index (χ3v) is 11.7. The maximum absolute atomic E-state index is 6.99. The van der Waals surface area contributed by atoms with Gasteiger partial charge in [-0.25, -0.2) is 0 Å². The Labute approximate surface area is 327 Å². The molecule has 0 bridgehead atoms. The summed E-state index contributed by atoms with van der Waals surface area (Å²) in [6.45, 7) is 4.70. The van der Waals surface area contributed by atoms with Crippen LogP contribution in [-0.2, 0) is 11.8 Å². The highest BCUT2D eigenvalue weighted by Crippen LogP contribution is 2.52. The summed E-state index contributed by atoms with van der Waals surface area (Å²) in [4.78, 5) is 0. The topological polar surface area (TPSA) is 51.2 Å². The Balaban J connectivity index is 1.12. The van der Waals surface area contributed by atoms with Gasteiger partial charge >= 0.3 is 0 Å². The number of nitrogens with two attached hydrogens (primary N) is 1. The fraction of sp³-hybridized carbons (Fsp3) is 0.0943. The zero-order chi connectivity index (χ0) is 37.8. The van der Waals surface area contributed by atoms with Gasteiger partial charge in [0, 0.05) is 27.4 Å². The molecule has 0 aliphatic heterocycles. The van der Waals surface area contributed by atoms with Crippen LogP contribution in [0.4, 0.5) is 0 Å². The highest BCUT2D eigenvalue weighted by molar-refractivity contribution is 6.06. The third kappa shape index (κ3) is 5.89. The minimum Gasteiger partial charge on any atom is -0.456 e. The van der Waals surface area contributed by atoms with Crippen LogP contribution >= 0.6 is 0 Å². The first-order chi connectivity index (χ1) is 27.4. The summed E-state index contributed by atoms with van der Waals surface area (Å²) in [5.74, 6) is 0. The van der Waals surface area contributed by atoms with E-state index in [2.05, 4.69) is 171 Å². The van der Waals surface area contributed by atoms with Crippen molar-refractivity contribution in [1.29, 1.82) is 0 Å². The molecule has 3 heteroatoms. The summed E-state index contributed by atoms with van der Waals surface area (Å²) >= 11 is 0. The van der Waals surface area contributed by atoms with Gasteiger partial charge in [0.15, 0.2) is 0 Å². The minimum absolute atomic E-state index is 0.155. The van der Waals surface area contributed by atoms with Crippen molar-refractivity contribution in [2.45, 2.75) is 31.8 Å². The van der Waals surface area contributed by atoms with Crippen LogP contribution in [0.15, 0.2) is 186 Å². The summed E-state index contributed by atoms with van der Waals surface area (Å²) < 4.78 is 6.19. The molecule has 0 fully saturated rings. The largest absolute Gasteiger partial charge is 0.456 e. The lowest BCUT2D eigenvalue weighted by Crippen LogP contribution is -2.28. The number of furan rings is 1. The molecule has 1 aliphatic carbocycles. The predicted octanol–water partition coefficient (Wildman–Crippen LogP) is 13.2. The number of para-hydroxylation sites is 1. The smallest absolute Gasteiger partial charge is 0.135 e. The van der Waals surface area contributed by atoms with Gasteiger partial charge in [-0.15, -0.1) is 0 Å². The summed E-state index contributed by atoms with van der Waals surface area (Å²) in [7, 11) is 0. The molecule has 3 nitrogen and oxygen atoms in total. The lowest BCUT2D eigenvalue weighted by molar-refractivity contribution is 0.659. The monoisotopic (exact) mass is 722 g/mol. The number of benzene rings is 8. The van der Waals surface area contributed by atoms with E-state index < -0.39 is 6.17 Å². The van der Waals surface area contributed by atoms with Crippen LogP contribution in [0.25, 0.3) is 71.8 Å². The molecule has 1 aromatic heterocycles. The summed E-state index contributed by atoms with van der Waals surface area (Å²) in [5.41, 5.74) is 23.0. The molecule has 270 valence electrons. The Morgan fingerprint density at radius 1 is 0.589 bits per heavy atom. The number of fused-ring (bicyclic) bond motifs is 7. The highest BCUT2D eigenvalue weighted by atomic mass is 16.3. The van der Waals surface area contributed by atoms with Crippen LogP contribution in [0.2, 0.25) is 0 Å². The molecule has 0 saturated heterocycles. The predicted molar refractivity (Wildman–Crippen MR) is 234 cm³/mol. The van der Waals surface area contributed by atoms with Gasteiger partial charge in [-0.05, 0) is 109 Å². The second-order valence-corrected chi connectivity index (χ2v) is 15.5. The Hall–Kier alpha value is -6.68. The maximum Gasteiger partial charge on any atom is 0.135 e. The zero-order valence-electron chi connectivity index (χ0n) is 31.6. The number of hydrogen-bond acceptors (Lipinski definition) is 3. The molecule has 0 spiro atoms. The fourth-order valence-corrected chi connectivity index (χ4v) is 8.75.